The van der Waals surface area contributed by atoms with Crippen molar-refractivity contribution in [2.75, 3.05) is 16.8 Å². The largest absolute Gasteiger partial charge is 0.480 e. The summed E-state index contributed by atoms with van der Waals surface area (Å²) in [6, 6.07) is 20.8. The van der Waals surface area contributed by atoms with Gasteiger partial charge in [0.15, 0.2) is 0 Å². The van der Waals surface area contributed by atoms with Crippen molar-refractivity contribution in [1.29, 1.82) is 5.41 Å². The number of nitrogens with one attached hydrogen (secondary N) is 2. The average molecular weight is 476 g/mol. The van der Waals surface area contributed by atoms with Crippen LogP contribution < -0.4 is 20.7 Å². The number of para-hydroxylation sites is 1. The van der Waals surface area contributed by atoms with Gasteiger partial charge in [-0.3, -0.25) is 15.1 Å². The number of nitrogens with two attached hydrogens (primary N) is 1. The van der Waals surface area contributed by atoms with Crippen molar-refractivity contribution in [2.45, 2.75) is 6.54 Å². The number of carbonyl (C=O) groups excluding carboxylic acids is 1. The zero-order valence-electron chi connectivity index (χ0n) is 17.9. The SMILES string of the molecule is N=C(N)c1ccc(NCc2nc3cc(OC(=O)N(CC(=O)O)c4ccccc4)ccc3s2)cc1. The van der Waals surface area contributed by atoms with E-state index in [9.17, 15) is 14.7 Å². The van der Waals surface area contributed by atoms with Crippen molar-refractivity contribution >= 4 is 50.8 Å². The third kappa shape index (κ3) is 5.48. The molecule has 0 atom stereocenters. The number of rotatable bonds is 8. The summed E-state index contributed by atoms with van der Waals surface area (Å²) in [4.78, 5) is 29.6. The van der Waals surface area contributed by atoms with Crippen LogP contribution in [0.25, 0.3) is 10.2 Å². The second-order valence-corrected chi connectivity index (χ2v) is 8.38. The second-order valence-electron chi connectivity index (χ2n) is 7.27. The highest BCUT2D eigenvalue weighted by atomic mass is 32.1. The lowest BCUT2D eigenvalue weighted by molar-refractivity contribution is -0.135. The first-order valence-corrected chi connectivity index (χ1v) is 11.0. The fourth-order valence-electron chi connectivity index (χ4n) is 3.20. The van der Waals surface area contributed by atoms with Crippen LogP contribution in [0.5, 0.6) is 5.75 Å². The van der Waals surface area contributed by atoms with Crippen LogP contribution in [-0.2, 0) is 11.3 Å². The van der Waals surface area contributed by atoms with Crippen molar-refractivity contribution in [1.82, 2.24) is 4.98 Å². The van der Waals surface area contributed by atoms with Gasteiger partial charge in [0, 0.05) is 23.0 Å². The number of carboxylic acid groups (broad SMARTS) is 1. The Morgan fingerprint density at radius 2 is 1.82 bits per heavy atom. The molecule has 3 aromatic carbocycles. The molecule has 0 aliphatic carbocycles. The first kappa shape index (κ1) is 22.7. The smallest absolute Gasteiger partial charge is 0.420 e. The van der Waals surface area contributed by atoms with Gasteiger partial charge in [-0.05, 0) is 48.5 Å². The molecule has 4 rings (SSSR count). The van der Waals surface area contributed by atoms with E-state index in [-0.39, 0.29) is 11.6 Å². The van der Waals surface area contributed by atoms with Crippen molar-refractivity contribution < 1.29 is 19.4 Å². The van der Waals surface area contributed by atoms with Crippen LogP contribution >= 0.6 is 11.3 Å². The van der Waals surface area contributed by atoms with Gasteiger partial charge in [-0.15, -0.1) is 11.3 Å². The molecule has 0 aliphatic rings. The van der Waals surface area contributed by atoms with Gasteiger partial charge in [-0.1, -0.05) is 18.2 Å². The van der Waals surface area contributed by atoms with Crippen molar-refractivity contribution in [3.8, 4) is 5.75 Å². The number of hydrogen-bond acceptors (Lipinski definition) is 7. The summed E-state index contributed by atoms with van der Waals surface area (Å²) in [6.07, 6.45) is -0.793. The minimum atomic E-state index is -1.15. The monoisotopic (exact) mass is 475 g/mol. The Balaban J connectivity index is 1.45. The minimum absolute atomic E-state index is 0.0177. The molecule has 9 nitrogen and oxygen atoms in total. The number of carbonyl (C=O) groups is 2. The summed E-state index contributed by atoms with van der Waals surface area (Å²) < 4.78 is 6.38. The Kier molecular flexibility index (Phi) is 6.69. The maximum Gasteiger partial charge on any atom is 0.420 e. The van der Waals surface area contributed by atoms with Gasteiger partial charge in [0.1, 0.15) is 23.1 Å². The summed E-state index contributed by atoms with van der Waals surface area (Å²) in [5.74, 6) is -0.860. The molecule has 0 radical (unpaired) electrons. The summed E-state index contributed by atoms with van der Waals surface area (Å²) in [6.45, 7) is -0.0285. The van der Waals surface area contributed by atoms with E-state index in [0.29, 0.717) is 23.3 Å². The molecule has 34 heavy (non-hydrogen) atoms. The fourth-order valence-corrected chi connectivity index (χ4v) is 4.09. The Morgan fingerprint density at radius 3 is 2.50 bits per heavy atom. The molecule has 4 aromatic rings. The lowest BCUT2D eigenvalue weighted by Gasteiger charge is -2.20. The Morgan fingerprint density at radius 1 is 1.09 bits per heavy atom. The van der Waals surface area contributed by atoms with Crippen LogP contribution in [0.15, 0.2) is 72.8 Å². The highest BCUT2D eigenvalue weighted by Gasteiger charge is 2.21. The molecule has 1 heterocycles. The number of amides is 1. The Bertz CT molecular complexity index is 1340. The summed E-state index contributed by atoms with van der Waals surface area (Å²) in [5.41, 5.74) is 8.10. The van der Waals surface area contributed by atoms with Gasteiger partial charge in [-0.2, -0.15) is 0 Å². The molecule has 0 bridgehead atoms. The number of carboxylic acids is 1. The molecule has 1 amide bonds. The lowest BCUT2D eigenvalue weighted by atomic mass is 10.2. The molecule has 10 heteroatoms. The van der Waals surface area contributed by atoms with Gasteiger partial charge < -0.3 is 20.9 Å². The molecular formula is C24H21N5O4S. The number of hydrogen-bond donors (Lipinski definition) is 4. The zero-order valence-corrected chi connectivity index (χ0v) is 18.7. The Hall–Kier alpha value is -4.44. The van der Waals surface area contributed by atoms with E-state index in [1.54, 1.807) is 54.6 Å². The third-order valence-corrected chi connectivity index (χ3v) is 5.87. The van der Waals surface area contributed by atoms with E-state index >= 15 is 0 Å². The first-order valence-electron chi connectivity index (χ1n) is 10.2. The van der Waals surface area contributed by atoms with Crippen LogP contribution in [0.3, 0.4) is 0 Å². The number of aliphatic carboxylic acids is 1. The molecule has 0 fully saturated rings. The van der Waals surface area contributed by atoms with Gasteiger partial charge in [0.05, 0.1) is 16.8 Å². The van der Waals surface area contributed by atoms with Crippen LogP contribution in [-0.4, -0.2) is 34.5 Å². The van der Waals surface area contributed by atoms with E-state index in [0.717, 1.165) is 20.3 Å². The number of nitrogens with zero attached hydrogens (tertiary/aromatic N) is 2. The number of thiazole rings is 1. The van der Waals surface area contributed by atoms with E-state index in [1.165, 1.54) is 11.3 Å². The molecule has 0 saturated heterocycles. The normalized spacial score (nSPS) is 10.6. The van der Waals surface area contributed by atoms with Crippen LogP contribution in [0.4, 0.5) is 16.2 Å². The first-order chi connectivity index (χ1) is 16.4. The molecule has 0 saturated carbocycles. The highest BCUT2D eigenvalue weighted by molar-refractivity contribution is 7.18. The average Bonchev–Trinajstić information content (AvgIpc) is 3.24. The van der Waals surface area contributed by atoms with Crippen LogP contribution in [0.2, 0.25) is 0 Å². The summed E-state index contributed by atoms with van der Waals surface area (Å²) >= 11 is 1.51. The molecular weight excluding hydrogens is 454 g/mol. The third-order valence-electron chi connectivity index (χ3n) is 4.83. The molecule has 0 spiro atoms. The molecule has 0 unspecified atom stereocenters. The number of benzene rings is 3. The van der Waals surface area contributed by atoms with E-state index < -0.39 is 18.6 Å². The number of aromatic nitrogens is 1. The Labute approximate surface area is 198 Å². The fraction of sp³-hybridized carbons (Fsp3) is 0.0833. The van der Waals surface area contributed by atoms with Gasteiger partial charge in [-0.25, -0.2) is 9.78 Å². The maximum absolute atomic E-state index is 12.7. The number of amidine groups is 1. The maximum atomic E-state index is 12.7. The second kappa shape index (κ2) is 10.0. The van der Waals surface area contributed by atoms with Gasteiger partial charge in [0.2, 0.25) is 0 Å². The standard InChI is InChI=1S/C24H21N5O4S/c25-23(26)15-6-8-16(9-7-15)27-13-21-28-19-12-18(10-11-20(19)34-21)33-24(32)29(14-22(30)31)17-4-2-1-3-5-17/h1-12,27H,13-14H2,(H3,25,26)(H,30,31). The molecule has 1 aromatic heterocycles. The van der Waals surface area contributed by atoms with E-state index in [4.69, 9.17) is 15.9 Å². The molecule has 0 aliphatic heterocycles. The summed E-state index contributed by atoms with van der Waals surface area (Å²) in [5, 5.41) is 20.8. The number of fused-ring (bicyclic) bond motifs is 1. The number of ether oxygens (including phenoxy) is 1. The van der Waals surface area contributed by atoms with E-state index in [1.807, 2.05) is 18.2 Å². The predicted molar refractivity (Wildman–Crippen MR) is 132 cm³/mol. The van der Waals surface area contributed by atoms with Gasteiger partial charge >= 0.3 is 12.1 Å². The van der Waals surface area contributed by atoms with Crippen molar-refractivity contribution in [3.63, 3.8) is 0 Å². The predicted octanol–water partition coefficient (Wildman–Crippen LogP) is 4.28. The molecule has 5 N–H and O–H groups in total. The van der Waals surface area contributed by atoms with E-state index in [2.05, 4.69) is 10.3 Å². The minimum Gasteiger partial charge on any atom is -0.480 e. The number of anilines is 2. The van der Waals surface area contributed by atoms with Crippen LogP contribution in [0, 0.1) is 5.41 Å². The topological polar surface area (TPSA) is 142 Å². The van der Waals surface area contributed by atoms with Crippen LogP contribution in [0.1, 0.15) is 10.6 Å². The zero-order chi connectivity index (χ0) is 24.1. The molecule has 172 valence electrons. The highest BCUT2D eigenvalue weighted by Crippen LogP contribution is 2.27. The lowest BCUT2D eigenvalue weighted by Crippen LogP contribution is -2.37. The van der Waals surface area contributed by atoms with Gasteiger partial charge in [0.25, 0.3) is 0 Å². The quantitative estimate of drug-likeness (QED) is 0.220. The van der Waals surface area contributed by atoms with Crippen molar-refractivity contribution in [3.05, 3.63) is 83.4 Å². The number of nitrogen functional groups attached to an aromatic ring is 1. The van der Waals surface area contributed by atoms with Crippen molar-refractivity contribution in [2.24, 2.45) is 5.73 Å². The summed E-state index contributed by atoms with van der Waals surface area (Å²) in [7, 11) is 0.